The number of nitrogens with one attached hydrogen (secondary N) is 2. The lowest BCUT2D eigenvalue weighted by Crippen LogP contribution is -2.31. The third-order valence-corrected chi connectivity index (χ3v) is 1.38. The van der Waals surface area contributed by atoms with Gasteiger partial charge in [-0.25, -0.2) is 0 Å². The molecular weight excluding hydrogens is 204 g/mol. The van der Waals surface area contributed by atoms with Crippen molar-refractivity contribution in [1.82, 2.24) is 10.2 Å². The number of rotatable bonds is 2. The van der Waals surface area contributed by atoms with Gasteiger partial charge in [-0.05, 0) is 0 Å². The number of carbonyl (C=O) groups excluding carboxylic acids is 1. The maximum Gasteiger partial charge on any atom is 0.322 e. The number of H-pyrrole nitrogens is 1. The Hall–Kier alpha value is -1.17. The van der Waals surface area contributed by atoms with Crippen LogP contribution in [-0.4, -0.2) is 22.0 Å². The lowest BCUT2D eigenvalue weighted by molar-refractivity contribution is -0.137. The summed E-state index contributed by atoms with van der Waals surface area (Å²) in [6, 6.07) is 1.23. The highest BCUT2D eigenvalue weighted by Crippen LogP contribution is 2.16. The van der Waals surface area contributed by atoms with E-state index in [1.54, 1.807) is 0 Å². The summed E-state index contributed by atoms with van der Waals surface area (Å²) < 4.78 is 24.7. The molecule has 0 aliphatic heterocycles. The first-order valence-electron chi connectivity index (χ1n) is 3.30. The van der Waals surface area contributed by atoms with Crippen molar-refractivity contribution in [3.05, 3.63) is 11.2 Å². The second-order valence-electron chi connectivity index (χ2n) is 2.44. The van der Waals surface area contributed by atoms with E-state index in [0.29, 0.717) is 6.92 Å². The van der Waals surface area contributed by atoms with Crippen LogP contribution in [0.4, 0.5) is 14.6 Å². The van der Waals surface area contributed by atoms with Crippen molar-refractivity contribution >= 4 is 23.3 Å². The van der Waals surface area contributed by atoms with Crippen molar-refractivity contribution in [2.24, 2.45) is 0 Å². The molecule has 0 radical (unpaired) electrons. The molecule has 0 aliphatic rings. The molecule has 0 bridgehead atoms. The number of aromatic nitrogens is 2. The van der Waals surface area contributed by atoms with Gasteiger partial charge >= 0.3 is 5.92 Å². The Balaban J connectivity index is 2.65. The van der Waals surface area contributed by atoms with E-state index in [4.69, 9.17) is 11.6 Å². The number of hydrogen-bond acceptors (Lipinski definition) is 2. The number of amides is 1. The highest BCUT2D eigenvalue weighted by atomic mass is 35.5. The Kier molecular flexibility index (Phi) is 2.51. The first-order valence-corrected chi connectivity index (χ1v) is 3.67. The van der Waals surface area contributed by atoms with Crippen molar-refractivity contribution in [1.29, 1.82) is 0 Å². The fourth-order valence-electron chi connectivity index (χ4n) is 0.588. The van der Waals surface area contributed by atoms with E-state index < -0.39 is 11.8 Å². The maximum absolute atomic E-state index is 12.3. The zero-order valence-electron chi connectivity index (χ0n) is 6.57. The molecule has 0 saturated carbocycles. The van der Waals surface area contributed by atoms with Crippen LogP contribution in [0.1, 0.15) is 6.92 Å². The lowest BCUT2D eigenvalue weighted by atomic mass is 10.3. The molecule has 0 aromatic carbocycles. The molecule has 2 N–H and O–H groups in total. The summed E-state index contributed by atoms with van der Waals surface area (Å²) in [6.45, 7) is 0.497. The lowest BCUT2D eigenvalue weighted by Gasteiger charge is -2.07. The molecule has 1 heterocycles. The molecule has 0 saturated heterocycles. The van der Waals surface area contributed by atoms with E-state index in [1.807, 2.05) is 5.32 Å². The molecule has 0 atom stereocenters. The van der Waals surface area contributed by atoms with Gasteiger partial charge in [0.15, 0.2) is 5.82 Å². The predicted molar refractivity (Wildman–Crippen MR) is 42.8 cm³/mol. The molecular formula is C6H6ClF2N3O. The molecule has 0 unspecified atom stereocenters. The zero-order valence-corrected chi connectivity index (χ0v) is 7.32. The average Bonchev–Trinajstić information content (AvgIpc) is 2.33. The Labute approximate surface area is 77.3 Å². The van der Waals surface area contributed by atoms with Gasteiger partial charge in [-0.15, -0.1) is 0 Å². The van der Waals surface area contributed by atoms with Crippen molar-refractivity contribution in [3.63, 3.8) is 0 Å². The number of anilines is 1. The van der Waals surface area contributed by atoms with Crippen LogP contribution in [0, 0.1) is 0 Å². The van der Waals surface area contributed by atoms with Gasteiger partial charge < -0.3 is 5.32 Å². The number of halogens is 3. The van der Waals surface area contributed by atoms with Crippen LogP contribution in [-0.2, 0) is 4.79 Å². The van der Waals surface area contributed by atoms with Crippen LogP contribution in [0.25, 0.3) is 0 Å². The van der Waals surface area contributed by atoms with E-state index in [9.17, 15) is 13.6 Å². The van der Waals surface area contributed by atoms with Crippen LogP contribution >= 0.6 is 11.6 Å². The quantitative estimate of drug-likeness (QED) is 0.778. The van der Waals surface area contributed by atoms with Crippen molar-refractivity contribution < 1.29 is 13.6 Å². The molecule has 4 nitrogen and oxygen atoms in total. The molecule has 0 aliphatic carbocycles. The first-order chi connectivity index (χ1) is 5.89. The Morgan fingerprint density at radius 3 is 2.77 bits per heavy atom. The summed E-state index contributed by atoms with van der Waals surface area (Å²) in [5.41, 5.74) is 0. The molecule has 1 aromatic heterocycles. The molecule has 0 fully saturated rings. The van der Waals surface area contributed by atoms with Crippen LogP contribution in [0.2, 0.25) is 5.15 Å². The average molecular weight is 210 g/mol. The van der Waals surface area contributed by atoms with E-state index in [1.165, 1.54) is 6.07 Å². The number of nitrogens with zero attached hydrogens (tertiary/aromatic N) is 1. The van der Waals surface area contributed by atoms with Gasteiger partial charge in [-0.1, -0.05) is 11.6 Å². The zero-order chi connectivity index (χ0) is 10.1. The smallest absolute Gasteiger partial charge is 0.304 e. The van der Waals surface area contributed by atoms with Crippen LogP contribution < -0.4 is 5.32 Å². The minimum atomic E-state index is -3.43. The number of alkyl halides is 2. The van der Waals surface area contributed by atoms with Crippen LogP contribution in [0.15, 0.2) is 6.07 Å². The monoisotopic (exact) mass is 209 g/mol. The van der Waals surface area contributed by atoms with Gasteiger partial charge in [0.25, 0.3) is 5.91 Å². The van der Waals surface area contributed by atoms with Gasteiger partial charge in [0.05, 0.1) is 0 Å². The largest absolute Gasteiger partial charge is 0.322 e. The Morgan fingerprint density at radius 1 is 1.77 bits per heavy atom. The molecule has 13 heavy (non-hydrogen) atoms. The molecule has 1 amide bonds. The second-order valence-corrected chi connectivity index (χ2v) is 2.85. The predicted octanol–water partition coefficient (Wildman–Crippen LogP) is 1.66. The molecule has 0 spiro atoms. The fourth-order valence-corrected chi connectivity index (χ4v) is 0.734. The minimum absolute atomic E-state index is 0.0310. The van der Waals surface area contributed by atoms with E-state index >= 15 is 0 Å². The SMILES string of the molecule is CC(F)(F)C(=O)Nc1cc(Cl)[nH]n1. The van der Waals surface area contributed by atoms with Crippen molar-refractivity contribution in [2.45, 2.75) is 12.8 Å². The maximum atomic E-state index is 12.3. The summed E-state index contributed by atoms with van der Waals surface area (Å²) in [5, 5.41) is 7.78. The normalized spacial score (nSPS) is 11.4. The molecule has 1 aromatic rings. The Morgan fingerprint density at radius 2 is 2.38 bits per heavy atom. The van der Waals surface area contributed by atoms with Gasteiger partial charge in [0.1, 0.15) is 5.15 Å². The van der Waals surface area contributed by atoms with Crippen molar-refractivity contribution in [3.8, 4) is 0 Å². The van der Waals surface area contributed by atoms with Gasteiger partial charge in [0.2, 0.25) is 0 Å². The van der Waals surface area contributed by atoms with Crippen LogP contribution in [0.5, 0.6) is 0 Å². The van der Waals surface area contributed by atoms with Gasteiger partial charge in [0, 0.05) is 13.0 Å². The molecule has 7 heteroatoms. The summed E-state index contributed by atoms with van der Waals surface area (Å²) >= 11 is 5.40. The Bertz CT molecular complexity index is 320. The summed E-state index contributed by atoms with van der Waals surface area (Å²) in [4.78, 5) is 10.7. The van der Waals surface area contributed by atoms with Crippen molar-refractivity contribution in [2.75, 3.05) is 5.32 Å². The molecule has 72 valence electrons. The highest BCUT2D eigenvalue weighted by molar-refractivity contribution is 6.29. The summed E-state index contributed by atoms with van der Waals surface area (Å²) in [5.74, 6) is -4.88. The third-order valence-electron chi connectivity index (χ3n) is 1.19. The van der Waals surface area contributed by atoms with E-state index in [2.05, 4.69) is 10.2 Å². The summed E-state index contributed by atoms with van der Waals surface area (Å²) in [7, 11) is 0. The van der Waals surface area contributed by atoms with Crippen LogP contribution in [0.3, 0.4) is 0 Å². The third kappa shape index (κ3) is 2.66. The standard InChI is InChI=1S/C6H6ClF2N3O/c1-6(8,9)5(13)10-4-2-3(7)11-12-4/h2H,1H3,(H2,10,11,12,13). The van der Waals surface area contributed by atoms with Gasteiger partial charge in [-0.2, -0.15) is 13.9 Å². The van der Waals surface area contributed by atoms with Gasteiger partial charge in [-0.3, -0.25) is 9.89 Å². The fraction of sp³-hybridized carbons (Fsp3) is 0.333. The second kappa shape index (κ2) is 3.29. The molecule has 1 rings (SSSR count). The highest BCUT2D eigenvalue weighted by Gasteiger charge is 2.32. The number of aromatic amines is 1. The van der Waals surface area contributed by atoms with E-state index in [0.717, 1.165) is 0 Å². The van der Waals surface area contributed by atoms with E-state index in [-0.39, 0.29) is 11.0 Å². The summed E-state index contributed by atoms with van der Waals surface area (Å²) in [6.07, 6.45) is 0. The first kappa shape index (κ1) is 9.91. The number of carbonyl (C=O) groups is 1. The number of hydrogen-bond donors (Lipinski definition) is 2. The topological polar surface area (TPSA) is 57.8 Å². The minimum Gasteiger partial charge on any atom is -0.304 e.